The molecule has 0 aromatic heterocycles. The fraction of sp³-hybridized carbons (Fsp3) is 0.500. The van der Waals surface area contributed by atoms with Gasteiger partial charge in [0.1, 0.15) is 12.2 Å². The van der Waals surface area contributed by atoms with Gasteiger partial charge in [0.2, 0.25) is 5.36 Å². The molecule has 0 amide bonds. The lowest BCUT2D eigenvalue weighted by Gasteiger charge is -2.34. The van der Waals surface area contributed by atoms with Gasteiger partial charge in [-0.05, 0) is 51.0 Å². The zero-order valence-electron chi connectivity index (χ0n) is 20.1. The molecule has 34 heavy (non-hydrogen) atoms. The number of nitrogens with zero attached hydrogens (tertiary/aromatic N) is 4. The molecule has 3 aliphatic heterocycles. The average Bonchev–Trinajstić information content (AvgIpc) is 2.77. The van der Waals surface area contributed by atoms with Crippen LogP contribution in [0.4, 0.5) is 5.69 Å². The Morgan fingerprint density at radius 3 is 2.35 bits per heavy atom. The number of aromatic nitrogens is 1. The van der Waals surface area contributed by atoms with Crippen molar-refractivity contribution in [2.24, 2.45) is 5.14 Å². The van der Waals surface area contributed by atoms with Crippen LogP contribution in [0.2, 0.25) is 0 Å². The van der Waals surface area contributed by atoms with Gasteiger partial charge >= 0.3 is 0 Å². The molecular weight excluding hydrogens is 470 g/mol. The third-order valence-electron chi connectivity index (χ3n) is 6.69. The molecule has 3 heterocycles. The molecule has 0 unspecified atom stereocenters. The van der Waals surface area contributed by atoms with Crippen LogP contribution >= 0.6 is 11.3 Å². The zero-order chi connectivity index (χ0) is 24.2. The number of rotatable bonds is 2. The van der Waals surface area contributed by atoms with Crippen LogP contribution in [0.25, 0.3) is 20.8 Å². The van der Waals surface area contributed by atoms with Crippen LogP contribution in [0, 0.1) is 13.8 Å². The third kappa shape index (κ3) is 4.57. The Labute approximate surface area is 204 Å². The zero-order valence-corrected chi connectivity index (χ0v) is 21.7. The first-order valence-electron chi connectivity index (χ1n) is 11.7. The number of benzene rings is 2. The second-order valence-corrected chi connectivity index (χ2v) is 12.2. The number of fused-ring (bicyclic) bond motifs is 2. The molecule has 0 spiro atoms. The highest BCUT2D eigenvalue weighted by Crippen LogP contribution is 2.35. The van der Waals surface area contributed by atoms with Crippen molar-refractivity contribution in [2.45, 2.75) is 39.9 Å². The summed E-state index contributed by atoms with van der Waals surface area (Å²) < 4.78 is 34.1. The summed E-state index contributed by atoms with van der Waals surface area (Å²) in [6, 6.07) is 8.85. The molecule has 0 saturated carbocycles. The van der Waals surface area contributed by atoms with E-state index in [-0.39, 0.29) is 12.2 Å². The Balaban J connectivity index is 1.56. The van der Waals surface area contributed by atoms with E-state index in [9.17, 15) is 8.42 Å². The predicted molar refractivity (Wildman–Crippen MR) is 138 cm³/mol. The molecule has 2 N–H and O–H groups in total. The largest absolute Gasteiger partial charge is 0.369 e. The summed E-state index contributed by atoms with van der Waals surface area (Å²) >= 11 is 1.77. The fourth-order valence-electron chi connectivity index (χ4n) is 5.08. The summed E-state index contributed by atoms with van der Waals surface area (Å²) in [5.74, 6) is 0. The van der Waals surface area contributed by atoms with Crippen LogP contribution in [-0.2, 0) is 14.9 Å². The van der Waals surface area contributed by atoms with Crippen LogP contribution in [0.1, 0.15) is 25.0 Å². The van der Waals surface area contributed by atoms with Crippen molar-refractivity contribution in [3.8, 4) is 10.6 Å². The molecular formula is C24H32N5O3S2+. The van der Waals surface area contributed by atoms with Gasteiger partial charge in [0.25, 0.3) is 10.2 Å². The average molecular weight is 503 g/mol. The Kier molecular flexibility index (Phi) is 6.14. The number of hydrogen-bond acceptors (Lipinski definition) is 6. The van der Waals surface area contributed by atoms with E-state index in [1.807, 2.05) is 0 Å². The number of morpholine rings is 1. The lowest BCUT2D eigenvalue weighted by Crippen LogP contribution is -2.50. The molecule has 1 aliphatic carbocycles. The van der Waals surface area contributed by atoms with Crippen molar-refractivity contribution in [3.63, 3.8) is 0 Å². The maximum atomic E-state index is 11.7. The smallest absolute Gasteiger partial charge is 0.277 e. The number of ether oxygens (including phenoxy) is 1. The van der Waals surface area contributed by atoms with Gasteiger partial charge in [-0.2, -0.15) is 12.7 Å². The van der Waals surface area contributed by atoms with Gasteiger partial charge in [-0.15, -0.1) is 11.3 Å². The number of nitrogens with two attached hydrogens (primary N) is 1. The van der Waals surface area contributed by atoms with E-state index in [0.717, 1.165) is 40.3 Å². The van der Waals surface area contributed by atoms with Gasteiger partial charge in [-0.3, -0.25) is 0 Å². The highest BCUT2D eigenvalue weighted by atomic mass is 32.2. The second-order valence-electron chi connectivity index (χ2n) is 9.53. The van der Waals surface area contributed by atoms with Crippen molar-refractivity contribution >= 4 is 37.5 Å². The van der Waals surface area contributed by atoms with Crippen molar-refractivity contribution in [1.29, 1.82) is 0 Å². The summed E-state index contributed by atoms with van der Waals surface area (Å²) in [5, 5.41) is 6.52. The van der Waals surface area contributed by atoms with Crippen LogP contribution in [0.3, 0.4) is 0 Å². The van der Waals surface area contributed by atoms with E-state index in [1.54, 1.807) is 11.3 Å². The molecule has 8 nitrogen and oxygen atoms in total. The first-order valence-corrected chi connectivity index (χ1v) is 14.0. The lowest BCUT2D eigenvalue weighted by molar-refractivity contribution is -0.0262. The maximum Gasteiger partial charge on any atom is 0.277 e. The fourth-order valence-corrected chi connectivity index (χ4v) is 6.96. The number of anilines is 1. The highest BCUT2D eigenvalue weighted by Gasteiger charge is 2.27. The van der Waals surface area contributed by atoms with Crippen LogP contribution in [-0.4, -0.2) is 69.2 Å². The van der Waals surface area contributed by atoms with E-state index < -0.39 is 10.2 Å². The standard InChI is InChI=1S/C24H32N5O3S2/c1-15-9-19(27-5-7-29(8-6-27)34(25,30)31)11-21-23(15)26-24-16(2)10-20(12-22(24)33-21)28-13-17(3)32-18(4)14-28/h9-12,17-18H,5-8,13-14H2,1-4H3,(H2,25,30,31)/q+1/t17-,18+. The molecule has 2 saturated heterocycles. The van der Waals surface area contributed by atoms with Gasteiger partial charge in [0.15, 0.2) is 13.1 Å². The second kappa shape index (κ2) is 8.83. The Hall–Kier alpha value is -2.11. The van der Waals surface area contributed by atoms with E-state index >= 15 is 0 Å². The van der Waals surface area contributed by atoms with Gasteiger partial charge < -0.3 is 9.64 Å². The van der Waals surface area contributed by atoms with E-state index in [1.165, 1.54) is 20.1 Å². The van der Waals surface area contributed by atoms with Crippen LogP contribution in [0.15, 0.2) is 24.3 Å². The maximum absolute atomic E-state index is 11.7. The summed E-state index contributed by atoms with van der Waals surface area (Å²) in [5.41, 5.74) is 5.47. The van der Waals surface area contributed by atoms with Crippen LogP contribution in [0.5, 0.6) is 0 Å². The monoisotopic (exact) mass is 502 g/mol. The van der Waals surface area contributed by atoms with Crippen molar-refractivity contribution in [2.75, 3.05) is 44.2 Å². The van der Waals surface area contributed by atoms with Gasteiger partial charge in [-0.25, -0.2) is 14.7 Å². The number of hydrogen-bond donors (Lipinski definition) is 1. The molecule has 0 bridgehead atoms. The molecule has 5 rings (SSSR count). The first-order chi connectivity index (χ1) is 16.1. The molecule has 4 aliphatic rings. The minimum atomic E-state index is -3.64. The first kappa shape index (κ1) is 23.6. The third-order valence-corrected chi connectivity index (χ3v) is 8.84. The predicted octanol–water partition coefficient (Wildman–Crippen LogP) is 1.92. The Morgan fingerprint density at radius 2 is 1.71 bits per heavy atom. The lowest BCUT2D eigenvalue weighted by atomic mass is 10.1. The molecule has 2 fully saturated rings. The van der Waals surface area contributed by atoms with Crippen molar-refractivity contribution in [1.82, 2.24) is 13.9 Å². The van der Waals surface area contributed by atoms with E-state index in [4.69, 9.17) is 14.9 Å². The SMILES string of the molecule is Cc1cc(=[N+]2C[C@@H](C)O[C@@H](C)C2)cc2sc3cc(N4CCN(S(N)(=O)=O)CC4)cc(C)c3nc1-2. The molecule has 10 heteroatoms. The molecule has 0 radical (unpaired) electrons. The van der Waals surface area contributed by atoms with Gasteiger partial charge in [0.05, 0.1) is 20.8 Å². The Morgan fingerprint density at radius 1 is 1.03 bits per heavy atom. The molecule has 2 atom stereocenters. The van der Waals surface area contributed by atoms with E-state index in [2.05, 4.69) is 61.4 Å². The summed E-state index contributed by atoms with van der Waals surface area (Å²) in [7, 11) is -3.64. The Bertz CT molecular complexity index is 1380. The molecule has 1 aromatic carbocycles. The van der Waals surface area contributed by atoms with Crippen molar-refractivity contribution < 1.29 is 13.2 Å². The minimum absolute atomic E-state index is 0.207. The van der Waals surface area contributed by atoms with E-state index in [0.29, 0.717) is 26.2 Å². The topological polar surface area (TPSA) is 91.8 Å². The summed E-state index contributed by atoms with van der Waals surface area (Å²) in [6.45, 7) is 12.3. The minimum Gasteiger partial charge on any atom is -0.369 e. The number of aryl methyl sites for hydroxylation is 2. The normalized spacial score (nSPS) is 24.2. The molecule has 1 aromatic rings. The molecule has 182 valence electrons. The van der Waals surface area contributed by atoms with Crippen molar-refractivity contribution in [3.05, 3.63) is 40.7 Å². The van der Waals surface area contributed by atoms with Gasteiger partial charge in [-0.1, -0.05) is 0 Å². The van der Waals surface area contributed by atoms with Crippen LogP contribution < -0.4 is 20.0 Å². The highest BCUT2D eigenvalue weighted by molar-refractivity contribution is 7.86. The number of piperazine rings is 1. The summed E-state index contributed by atoms with van der Waals surface area (Å²) in [6.07, 6.45) is 0.413. The van der Waals surface area contributed by atoms with Gasteiger partial charge in [0, 0.05) is 44.0 Å². The quantitative estimate of drug-likeness (QED) is 0.427. The summed E-state index contributed by atoms with van der Waals surface area (Å²) in [4.78, 5) is 8.46.